The minimum atomic E-state index is -0.430. The predicted molar refractivity (Wildman–Crippen MR) is 59.6 cm³/mol. The van der Waals surface area contributed by atoms with E-state index in [2.05, 4.69) is 12.2 Å². The zero-order valence-corrected chi connectivity index (χ0v) is 10.1. The first kappa shape index (κ1) is 12.3. The zero-order chi connectivity index (χ0) is 11.7. The minimum absolute atomic E-state index is 0.163. The Hall–Kier alpha value is -0.770. The largest absolute Gasteiger partial charge is 0.444 e. The summed E-state index contributed by atoms with van der Waals surface area (Å²) in [5, 5.41) is 2.79. The summed E-state index contributed by atoms with van der Waals surface area (Å²) >= 11 is 0. The van der Waals surface area contributed by atoms with Crippen molar-refractivity contribution in [2.45, 2.75) is 52.2 Å². The molecule has 15 heavy (non-hydrogen) atoms. The molecule has 0 aromatic heterocycles. The molecule has 0 spiro atoms. The quantitative estimate of drug-likeness (QED) is 0.734. The lowest BCUT2D eigenvalue weighted by molar-refractivity contribution is 0.0451. The van der Waals surface area contributed by atoms with Gasteiger partial charge in [-0.1, -0.05) is 6.92 Å². The Morgan fingerprint density at radius 2 is 2.07 bits per heavy atom. The van der Waals surface area contributed by atoms with Gasteiger partial charge in [0.2, 0.25) is 0 Å². The van der Waals surface area contributed by atoms with Gasteiger partial charge in [0.15, 0.2) is 0 Å². The number of hydrogen-bond donors (Lipinski definition) is 2. The summed E-state index contributed by atoms with van der Waals surface area (Å²) in [5.74, 6) is 0. The van der Waals surface area contributed by atoms with E-state index in [-0.39, 0.29) is 11.5 Å². The van der Waals surface area contributed by atoms with Crippen LogP contribution >= 0.6 is 0 Å². The molecule has 1 aliphatic rings. The van der Waals surface area contributed by atoms with Crippen LogP contribution in [0.5, 0.6) is 0 Å². The predicted octanol–water partition coefficient (Wildman–Crippen LogP) is 1.64. The number of nitrogens with one attached hydrogen (secondary N) is 1. The third-order valence-electron chi connectivity index (χ3n) is 2.57. The zero-order valence-electron chi connectivity index (χ0n) is 10.1. The molecule has 0 radical (unpaired) electrons. The minimum Gasteiger partial charge on any atom is -0.444 e. The molecule has 0 atom stereocenters. The smallest absolute Gasteiger partial charge is 0.407 e. The van der Waals surface area contributed by atoms with E-state index < -0.39 is 5.60 Å². The van der Waals surface area contributed by atoms with Gasteiger partial charge in [0.05, 0.1) is 0 Å². The van der Waals surface area contributed by atoms with Gasteiger partial charge in [-0.25, -0.2) is 4.79 Å². The van der Waals surface area contributed by atoms with Crippen LogP contribution in [-0.4, -0.2) is 24.3 Å². The SMILES string of the molecule is CC1(CNC(=O)OC(C)(C)C)CC(N)C1. The van der Waals surface area contributed by atoms with Crippen LogP contribution in [0.3, 0.4) is 0 Å². The molecule has 0 aromatic rings. The molecule has 0 saturated heterocycles. The summed E-state index contributed by atoms with van der Waals surface area (Å²) in [7, 11) is 0. The average Bonchev–Trinajstić information content (AvgIpc) is 1.95. The maximum atomic E-state index is 11.4. The molecule has 1 saturated carbocycles. The summed E-state index contributed by atoms with van der Waals surface area (Å²) < 4.78 is 5.15. The number of nitrogens with two attached hydrogens (primary N) is 1. The van der Waals surface area contributed by atoms with Gasteiger partial charge < -0.3 is 15.8 Å². The first-order chi connectivity index (χ1) is 6.70. The normalized spacial score (nSPS) is 30.6. The highest BCUT2D eigenvalue weighted by Gasteiger charge is 2.38. The summed E-state index contributed by atoms with van der Waals surface area (Å²) in [6, 6.07) is 0.301. The lowest BCUT2D eigenvalue weighted by atomic mass is 9.67. The third kappa shape index (κ3) is 4.08. The molecule has 3 N–H and O–H groups in total. The van der Waals surface area contributed by atoms with E-state index in [0.717, 1.165) is 12.8 Å². The lowest BCUT2D eigenvalue weighted by Crippen LogP contribution is -2.50. The Kier molecular flexibility index (Phi) is 3.28. The van der Waals surface area contributed by atoms with E-state index in [4.69, 9.17) is 10.5 Å². The van der Waals surface area contributed by atoms with Gasteiger partial charge in [-0.3, -0.25) is 0 Å². The number of rotatable bonds is 2. The van der Waals surface area contributed by atoms with Gasteiger partial charge in [0.25, 0.3) is 0 Å². The van der Waals surface area contributed by atoms with Gasteiger partial charge in [-0.15, -0.1) is 0 Å². The van der Waals surface area contributed by atoms with Gasteiger partial charge in [-0.2, -0.15) is 0 Å². The molecule has 88 valence electrons. The molecule has 0 aliphatic heterocycles. The van der Waals surface area contributed by atoms with Crippen LogP contribution in [0.2, 0.25) is 0 Å². The number of ether oxygens (including phenoxy) is 1. The molecule has 1 rings (SSSR count). The molecule has 0 heterocycles. The molecular formula is C11H22N2O2. The van der Waals surface area contributed by atoms with Crippen LogP contribution in [0.25, 0.3) is 0 Å². The number of carbonyl (C=O) groups is 1. The number of alkyl carbamates (subject to hydrolysis) is 1. The Labute approximate surface area is 91.5 Å². The second-order valence-electron chi connectivity index (χ2n) is 5.83. The van der Waals surface area contributed by atoms with Gasteiger partial charge in [0.1, 0.15) is 5.60 Å². The number of hydrogen-bond acceptors (Lipinski definition) is 3. The van der Waals surface area contributed by atoms with Gasteiger partial charge in [0, 0.05) is 12.6 Å². The summed E-state index contributed by atoms with van der Waals surface area (Å²) in [5.41, 5.74) is 5.45. The fourth-order valence-corrected chi connectivity index (χ4v) is 1.95. The van der Waals surface area contributed by atoms with E-state index in [9.17, 15) is 4.79 Å². The monoisotopic (exact) mass is 214 g/mol. The molecule has 4 heteroatoms. The molecule has 0 bridgehead atoms. The van der Waals surface area contributed by atoms with Crippen LogP contribution in [0.15, 0.2) is 0 Å². The van der Waals surface area contributed by atoms with Crippen LogP contribution in [0.1, 0.15) is 40.5 Å². The van der Waals surface area contributed by atoms with Crippen molar-refractivity contribution in [1.82, 2.24) is 5.32 Å². The van der Waals surface area contributed by atoms with Crippen molar-refractivity contribution in [1.29, 1.82) is 0 Å². The van der Waals surface area contributed by atoms with Crippen molar-refractivity contribution in [3.8, 4) is 0 Å². The molecule has 1 amide bonds. The van der Waals surface area contributed by atoms with Gasteiger partial charge >= 0.3 is 6.09 Å². The van der Waals surface area contributed by atoms with E-state index in [1.807, 2.05) is 20.8 Å². The first-order valence-corrected chi connectivity index (χ1v) is 5.43. The molecule has 1 aliphatic carbocycles. The standard InChI is InChI=1S/C11H22N2O2/c1-10(2,3)15-9(14)13-7-11(4)5-8(12)6-11/h8H,5-7,12H2,1-4H3,(H,13,14). The summed E-state index contributed by atoms with van der Waals surface area (Å²) in [6.07, 6.45) is 1.61. The Balaban J connectivity index is 2.23. The molecule has 0 aromatic carbocycles. The molecule has 1 fully saturated rings. The van der Waals surface area contributed by atoms with Crippen molar-refractivity contribution in [2.75, 3.05) is 6.54 Å². The third-order valence-corrected chi connectivity index (χ3v) is 2.57. The van der Waals surface area contributed by atoms with Crippen molar-refractivity contribution in [3.05, 3.63) is 0 Å². The Morgan fingerprint density at radius 1 is 1.53 bits per heavy atom. The van der Waals surface area contributed by atoms with E-state index in [1.165, 1.54) is 0 Å². The van der Waals surface area contributed by atoms with Crippen molar-refractivity contribution in [2.24, 2.45) is 11.1 Å². The van der Waals surface area contributed by atoms with Gasteiger partial charge in [-0.05, 0) is 39.0 Å². The Morgan fingerprint density at radius 3 is 2.47 bits per heavy atom. The summed E-state index contributed by atoms with van der Waals surface area (Å²) in [6.45, 7) is 8.35. The summed E-state index contributed by atoms with van der Waals surface area (Å²) in [4.78, 5) is 11.4. The fraction of sp³-hybridized carbons (Fsp3) is 0.909. The van der Waals surface area contributed by atoms with E-state index in [1.54, 1.807) is 0 Å². The maximum absolute atomic E-state index is 11.4. The van der Waals surface area contributed by atoms with Crippen LogP contribution in [-0.2, 0) is 4.74 Å². The number of carbonyl (C=O) groups excluding carboxylic acids is 1. The highest BCUT2D eigenvalue weighted by molar-refractivity contribution is 5.67. The highest BCUT2D eigenvalue weighted by atomic mass is 16.6. The molecular weight excluding hydrogens is 192 g/mol. The second-order valence-corrected chi connectivity index (χ2v) is 5.83. The number of amides is 1. The van der Waals surface area contributed by atoms with Crippen molar-refractivity contribution < 1.29 is 9.53 Å². The van der Waals surface area contributed by atoms with E-state index in [0.29, 0.717) is 12.6 Å². The van der Waals surface area contributed by atoms with Crippen molar-refractivity contribution >= 4 is 6.09 Å². The van der Waals surface area contributed by atoms with Crippen molar-refractivity contribution in [3.63, 3.8) is 0 Å². The van der Waals surface area contributed by atoms with E-state index >= 15 is 0 Å². The van der Waals surface area contributed by atoms with Crippen LogP contribution in [0, 0.1) is 5.41 Å². The first-order valence-electron chi connectivity index (χ1n) is 5.43. The Bertz CT molecular complexity index is 239. The molecule has 4 nitrogen and oxygen atoms in total. The maximum Gasteiger partial charge on any atom is 0.407 e. The fourth-order valence-electron chi connectivity index (χ4n) is 1.95. The van der Waals surface area contributed by atoms with Crippen LogP contribution in [0.4, 0.5) is 4.79 Å². The average molecular weight is 214 g/mol. The topological polar surface area (TPSA) is 64.3 Å². The highest BCUT2D eigenvalue weighted by Crippen LogP contribution is 2.38. The molecule has 0 unspecified atom stereocenters. The lowest BCUT2D eigenvalue weighted by Gasteiger charge is -2.43. The van der Waals surface area contributed by atoms with Crippen LogP contribution < -0.4 is 11.1 Å². The second kappa shape index (κ2) is 4.00.